The Balaban J connectivity index is 1.91. The van der Waals surface area contributed by atoms with Crippen molar-refractivity contribution in [2.75, 3.05) is 7.05 Å². The van der Waals surface area contributed by atoms with Crippen LogP contribution in [-0.4, -0.2) is 22.8 Å². The van der Waals surface area contributed by atoms with Crippen LogP contribution in [-0.2, 0) is 23.6 Å². The second-order valence-electron chi connectivity index (χ2n) is 4.05. The number of halogens is 2. The second kappa shape index (κ2) is 6.83. The van der Waals surface area contributed by atoms with Crippen LogP contribution in [0.4, 0.5) is 0 Å². The predicted molar refractivity (Wildman–Crippen MR) is 83.9 cm³/mol. The van der Waals surface area contributed by atoms with Crippen LogP contribution in [0.5, 0.6) is 0 Å². The Morgan fingerprint density at radius 3 is 2.84 bits per heavy atom. The number of carbonyl (C=O) groups is 1. The van der Waals surface area contributed by atoms with E-state index >= 15 is 0 Å². The van der Waals surface area contributed by atoms with Crippen LogP contribution in [0.1, 0.15) is 16.3 Å². The lowest BCUT2D eigenvalue weighted by Crippen LogP contribution is -2.27. The molecule has 2 aromatic heterocycles. The SMILES string of the molecule is CN(Cc1csc(Br)c1)C(=O)Cc1nc(CCl)cs1. The van der Waals surface area contributed by atoms with Crippen molar-refractivity contribution in [2.24, 2.45) is 0 Å². The number of thiophene rings is 1. The van der Waals surface area contributed by atoms with Crippen LogP contribution in [0.25, 0.3) is 0 Å². The summed E-state index contributed by atoms with van der Waals surface area (Å²) in [5, 5.41) is 4.76. The Hall–Kier alpha value is -0.430. The Labute approximate surface area is 133 Å². The number of alkyl halides is 1. The van der Waals surface area contributed by atoms with E-state index in [2.05, 4.69) is 20.9 Å². The van der Waals surface area contributed by atoms with Gasteiger partial charge in [-0.25, -0.2) is 4.98 Å². The summed E-state index contributed by atoms with van der Waals surface area (Å²) in [4.78, 5) is 18.1. The number of aromatic nitrogens is 1. The fraction of sp³-hybridized carbons (Fsp3) is 0.333. The predicted octanol–water partition coefficient (Wildman–Crippen LogP) is 3.91. The summed E-state index contributed by atoms with van der Waals surface area (Å²) in [6.07, 6.45) is 0.337. The molecule has 0 aliphatic carbocycles. The quantitative estimate of drug-likeness (QED) is 0.738. The molecular weight excluding hydrogens is 368 g/mol. The van der Waals surface area contributed by atoms with Crippen LogP contribution in [0, 0.1) is 0 Å². The summed E-state index contributed by atoms with van der Waals surface area (Å²) in [7, 11) is 1.81. The molecule has 0 bridgehead atoms. The van der Waals surface area contributed by atoms with Crippen LogP contribution in [0.3, 0.4) is 0 Å². The van der Waals surface area contributed by atoms with E-state index in [-0.39, 0.29) is 5.91 Å². The molecule has 19 heavy (non-hydrogen) atoms. The van der Waals surface area contributed by atoms with Gasteiger partial charge in [-0.1, -0.05) is 0 Å². The van der Waals surface area contributed by atoms with E-state index in [0.29, 0.717) is 18.8 Å². The third-order valence-electron chi connectivity index (χ3n) is 2.51. The van der Waals surface area contributed by atoms with Crippen molar-refractivity contribution in [3.63, 3.8) is 0 Å². The summed E-state index contributed by atoms with van der Waals surface area (Å²) in [5.74, 6) is 0.460. The summed E-state index contributed by atoms with van der Waals surface area (Å²) in [6.45, 7) is 0.620. The van der Waals surface area contributed by atoms with Crippen molar-refractivity contribution in [3.8, 4) is 0 Å². The van der Waals surface area contributed by atoms with Crippen molar-refractivity contribution in [3.05, 3.63) is 36.9 Å². The third-order valence-corrected chi connectivity index (χ3v) is 5.23. The zero-order valence-corrected chi connectivity index (χ0v) is 14.2. The van der Waals surface area contributed by atoms with Gasteiger partial charge in [-0.05, 0) is 32.9 Å². The van der Waals surface area contributed by atoms with Crippen molar-refractivity contribution < 1.29 is 4.79 Å². The third kappa shape index (κ3) is 4.27. The lowest BCUT2D eigenvalue weighted by atomic mass is 10.3. The summed E-state index contributed by atoms with van der Waals surface area (Å²) in [6, 6.07) is 2.03. The van der Waals surface area contributed by atoms with Gasteiger partial charge in [0.1, 0.15) is 5.01 Å². The van der Waals surface area contributed by atoms with Gasteiger partial charge in [0, 0.05) is 19.0 Å². The molecule has 2 heterocycles. The molecule has 0 N–H and O–H groups in total. The average molecular weight is 380 g/mol. The van der Waals surface area contributed by atoms with Gasteiger partial charge < -0.3 is 4.90 Å². The Morgan fingerprint density at radius 2 is 2.26 bits per heavy atom. The number of thiazole rings is 1. The van der Waals surface area contributed by atoms with Crippen LogP contribution < -0.4 is 0 Å². The van der Waals surface area contributed by atoms with E-state index in [1.54, 1.807) is 16.2 Å². The molecule has 1 amide bonds. The molecule has 0 aromatic carbocycles. The summed E-state index contributed by atoms with van der Waals surface area (Å²) < 4.78 is 1.08. The van der Waals surface area contributed by atoms with E-state index in [9.17, 15) is 4.79 Å². The molecule has 0 fully saturated rings. The van der Waals surface area contributed by atoms with Gasteiger partial charge in [-0.2, -0.15) is 0 Å². The monoisotopic (exact) mass is 378 g/mol. The first kappa shape index (κ1) is 15.0. The smallest absolute Gasteiger partial charge is 0.229 e. The lowest BCUT2D eigenvalue weighted by molar-refractivity contribution is -0.129. The number of rotatable bonds is 5. The normalized spacial score (nSPS) is 10.7. The maximum atomic E-state index is 12.1. The van der Waals surface area contributed by atoms with E-state index in [4.69, 9.17) is 11.6 Å². The summed E-state index contributed by atoms with van der Waals surface area (Å²) >= 11 is 12.2. The number of hydrogen-bond donors (Lipinski definition) is 0. The number of hydrogen-bond acceptors (Lipinski definition) is 4. The van der Waals surface area contributed by atoms with Gasteiger partial charge in [-0.3, -0.25) is 4.79 Å². The van der Waals surface area contributed by atoms with E-state index < -0.39 is 0 Å². The van der Waals surface area contributed by atoms with Gasteiger partial charge >= 0.3 is 0 Å². The average Bonchev–Trinajstić information content (AvgIpc) is 2.98. The molecule has 2 rings (SSSR count). The Bertz CT molecular complexity index is 570. The van der Waals surface area contributed by atoms with E-state index in [0.717, 1.165) is 20.1 Å². The first-order valence-electron chi connectivity index (χ1n) is 5.54. The van der Waals surface area contributed by atoms with Crippen LogP contribution in [0.2, 0.25) is 0 Å². The highest BCUT2D eigenvalue weighted by Gasteiger charge is 2.13. The number of carbonyl (C=O) groups excluding carboxylic acids is 1. The van der Waals surface area contributed by atoms with E-state index in [1.165, 1.54) is 11.3 Å². The molecule has 3 nitrogen and oxygen atoms in total. The highest BCUT2D eigenvalue weighted by Crippen LogP contribution is 2.21. The number of nitrogens with zero attached hydrogens (tertiary/aromatic N) is 2. The second-order valence-corrected chi connectivity index (χ2v) is 7.55. The highest BCUT2D eigenvalue weighted by atomic mass is 79.9. The molecule has 0 aliphatic rings. The molecule has 0 aliphatic heterocycles. The Kier molecular flexibility index (Phi) is 5.38. The Morgan fingerprint density at radius 1 is 1.47 bits per heavy atom. The number of likely N-dealkylation sites (N-methyl/N-ethyl adjacent to an activating group) is 1. The fourth-order valence-corrected chi connectivity index (χ4v) is 3.76. The van der Waals surface area contributed by atoms with Crippen molar-refractivity contribution in [1.29, 1.82) is 0 Å². The molecule has 0 atom stereocenters. The lowest BCUT2D eigenvalue weighted by Gasteiger charge is -2.15. The number of amides is 1. The standard InChI is InChI=1S/C12H12BrClN2OS2/c1-16(5-8-2-10(13)18-6-8)12(17)3-11-15-9(4-14)7-19-11/h2,6-7H,3-5H2,1H3. The largest absolute Gasteiger partial charge is 0.341 e. The fourth-order valence-electron chi connectivity index (χ4n) is 1.55. The maximum absolute atomic E-state index is 12.1. The molecule has 0 radical (unpaired) electrons. The molecule has 7 heteroatoms. The molecule has 0 spiro atoms. The van der Waals surface area contributed by atoms with Gasteiger partial charge in [0.2, 0.25) is 5.91 Å². The molecule has 102 valence electrons. The van der Waals surface area contributed by atoms with Gasteiger partial charge in [-0.15, -0.1) is 34.3 Å². The topological polar surface area (TPSA) is 33.2 Å². The molecule has 0 saturated heterocycles. The first-order chi connectivity index (χ1) is 9.08. The van der Waals surface area contributed by atoms with Crippen molar-refractivity contribution in [2.45, 2.75) is 18.8 Å². The maximum Gasteiger partial charge on any atom is 0.229 e. The van der Waals surface area contributed by atoms with Gasteiger partial charge in [0.15, 0.2) is 0 Å². The van der Waals surface area contributed by atoms with Gasteiger partial charge in [0.05, 0.1) is 21.8 Å². The minimum absolute atomic E-state index is 0.0674. The summed E-state index contributed by atoms with van der Waals surface area (Å²) in [5.41, 5.74) is 1.96. The highest BCUT2D eigenvalue weighted by molar-refractivity contribution is 9.11. The zero-order chi connectivity index (χ0) is 13.8. The minimum atomic E-state index is 0.0674. The molecule has 0 unspecified atom stereocenters. The molecule has 2 aromatic rings. The van der Waals surface area contributed by atoms with Crippen LogP contribution in [0.15, 0.2) is 20.6 Å². The molecular formula is C12H12BrClN2OS2. The zero-order valence-electron chi connectivity index (χ0n) is 10.2. The first-order valence-corrected chi connectivity index (χ1v) is 8.63. The van der Waals surface area contributed by atoms with Gasteiger partial charge in [0.25, 0.3) is 0 Å². The minimum Gasteiger partial charge on any atom is -0.341 e. The van der Waals surface area contributed by atoms with Crippen molar-refractivity contribution in [1.82, 2.24) is 9.88 Å². The van der Waals surface area contributed by atoms with Crippen LogP contribution >= 0.6 is 50.2 Å². The van der Waals surface area contributed by atoms with E-state index in [1.807, 2.05) is 23.9 Å². The van der Waals surface area contributed by atoms with Crippen molar-refractivity contribution >= 4 is 56.1 Å². The molecule has 0 saturated carbocycles.